The van der Waals surface area contributed by atoms with E-state index in [-0.39, 0.29) is 18.8 Å². The molecular formula is C17H17F6NO3. The zero-order valence-corrected chi connectivity index (χ0v) is 14.1. The second-order valence-electron chi connectivity index (χ2n) is 5.89. The highest BCUT2D eigenvalue weighted by Crippen LogP contribution is 2.42. The van der Waals surface area contributed by atoms with Crippen LogP contribution in [-0.2, 0) is 12.1 Å². The van der Waals surface area contributed by atoms with Gasteiger partial charge in [-0.25, -0.2) is 0 Å². The lowest BCUT2D eigenvalue weighted by molar-refractivity contribution is -0.275. The highest BCUT2D eigenvalue weighted by Gasteiger charge is 2.56. The first-order chi connectivity index (χ1) is 12.4. The summed E-state index contributed by atoms with van der Waals surface area (Å²) in [6.07, 6.45) is -10.4. The molecule has 0 saturated carbocycles. The summed E-state index contributed by atoms with van der Waals surface area (Å²) >= 11 is 0. The molecule has 0 aliphatic heterocycles. The molecule has 150 valence electrons. The van der Waals surface area contributed by atoms with Gasteiger partial charge in [0.25, 0.3) is 0 Å². The molecule has 0 unspecified atom stereocenters. The Morgan fingerprint density at radius 1 is 1.00 bits per heavy atom. The van der Waals surface area contributed by atoms with Crippen molar-refractivity contribution in [3.63, 3.8) is 0 Å². The Morgan fingerprint density at radius 3 is 2.11 bits per heavy atom. The normalized spacial score (nSPS) is 14.8. The van der Waals surface area contributed by atoms with Crippen molar-refractivity contribution in [1.82, 2.24) is 5.32 Å². The number of ether oxygens (including phenoxy) is 1. The third-order valence-electron chi connectivity index (χ3n) is 3.77. The van der Waals surface area contributed by atoms with Gasteiger partial charge in [-0.15, -0.1) is 13.2 Å². The Labute approximate surface area is 150 Å². The van der Waals surface area contributed by atoms with E-state index in [9.17, 15) is 31.4 Å². The summed E-state index contributed by atoms with van der Waals surface area (Å²) in [5.74, 6) is -0.754. The molecule has 2 N–H and O–H groups in total. The van der Waals surface area contributed by atoms with Gasteiger partial charge >= 0.3 is 12.5 Å². The van der Waals surface area contributed by atoms with E-state index in [1.807, 2.05) is 0 Å². The van der Waals surface area contributed by atoms with Crippen LogP contribution in [0.3, 0.4) is 0 Å². The number of alkyl halides is 6. The molecule has 0 amide bonds. The lowest BCUT2D eigenvalue weighted by atomic mass is 9.95. The van der Waals surface area contributed by atoms with E-state index in [1.165, 1.54) is 25.1 Å². The van der Waals surface area contributed by atoms with Crippen molar-refractivity contribution in [2.75, 3.05) is 6.54 Å². The van der Waals surface area contributed by atoms with Crippen molar-refractivity contribution >= 4 is 0 Å². The predicted molar refractivity (Wildman–Crippen MR) is 82.8 cm³/mol. The van der Waals surface area contributed by atoms with Gasteiger partial charge in [0.15, 0.2) is 0 Å². The number of aryl methyl sites for hydroxylation is 1. The van der Waals surface area contributed by atoms with Gasteiger partial charge in [0.05, 0.1) is 0 Å². The molecule has 1 aromatic carbocycles. The Morgan fingerprint density at radius 2 is 1.63 bits per heavy atom. The minimum atomic E-state index is -4.93. The molecule has 1 atom stereocenters. The van der Waals surface area contributed by atoms with Crippen molar-refractivity contribution in [1.29, 1.82) is 0 Å². The molecule has 0 aliphatic carbocycles. The van der Waals surface area contributed by atoms with Crippen LogP contribution in [0.25, 0.3) is 0 Å². The first-order valence-corrected chi connectivity index (χ1v) is 7.82. The van der Waals surface area contributed by atoms with Gasteiger partial charge in [0.2, 0.25) is 5.60 Å². The molecule has 0 spiro atoms. The number of rotatable bonds is 7. The maximum Gasteiger partial charge on any atom is 0.573 e. The summed E-state index contributed by atoms with van der Waals surface area (Å²) < 4.78 is 84.8. The van der Waals surface area contributed by atoms with Gasteiger partial charge in [-0.1, -0.05) is 12.1 Å². The van der Waals surface area contributed by atoms with Crippen molar-refractivity contribution in [3.05, 3.63) is 53.5 Å². The second-order valence-corrected chi connectivity index (χ2v) is 5.89. The smallest absolute Gasteiger partial charge is 0.463 e. The van der Waals surface area contributed by atoms with Crippen molar-refractivity contribution in [3.8, 4) is 5.75 Å². The fourth-order valence-corrected chi connectivity index (χ4v) is 2.37. The van der Waals surface area contributed by atoms with Crippen LogP contribution in [0.4, 0.5) is 26.3 Å². The summed E-state index contributed by atoms with van der Waals surface area (Å²) in [7, 11) is 0. The Bertz CT molecular complexity index is 738. The molecule has 2 aromatic rings. The van der Waals surface area contributed by atoms with Gasteiger partial charge in [0.1, 0.15) is 17.3 Å². The molecule has 1 aromatic heterocycles. The Hall–Kier alpha value is -2.20. The molecule has 10 heteroatoms. The van der Waals surface area contributed by atoms with Crippen LogP contribution in [0.5, 0.6) is 5.75 Å². The lowest BCUT2D eigenvalue weighted by Crippen LogP contribution is -2.44. The molecule has 27 heavy (non-hydrogen) atoms. The monoisotopic (exact) mass is 397 g/mol. The number of furan rings is 1. The van der Waals surface area contributed by atoms with Crippen molar-refractivity contribution in [2.24, 2.45) is 0 Å². The number of hydrogen-bond acceptors (Lipinski definition) is 4. The van der Waals surface area contributed by atoms with E-state index in [0.717, 1.165) is 18.2 Å². The van der Waals surface area contributed by atoms with Crippen LogP contribution >= 0.6 is 0 Å². The summed E-state index contributed by atoms with van der Waals surface area (Å²) in [6, 6.07) is 7.29. The first kappa shape index (κ1) is 21.1. The number of nitrogens with one attached hydrogen (secondary N) is 1. The molecular weight excluding hydrogens is 380 g/mol. The minimum absolute atomic E-state index is 0.0947. The molecule has 1 heterocycles. The first-order valence-electron chi connectivity index (χ1n) is 7.82. The minimum Gasteiger partial charge on any atom is -0.463 e. The molecule has 2 rings (SSSR count). The van der Waals surface area contributed by atoms with Crippen molar-refractivity contribution in [2.45, 2.75) is 38.0 Å². The van der Waals surface area contributed by atoms with E-state index in [2.05, 4.69) is 10.1 Å². The second kappa shape index (κ2) is 7.81. The summed E-state index contributed by atoms with van der Waals surface area (Å²) in [6.45, 7) is 1.35. The highest BCUT2D eigenvalue weighted by molar-refractivity contribution is 5.27. The molecule has 0 saturated heterocycles. The molecule has 4 nitrogen and oxygen atoms in total. The van der Waals surface area contributed by atoms with Crippen LogP contribution in [0.2, 0.25) is 0 Å². The van der Waals surface area contributed by atoms with Gasteiger partial charge in [-0.05, 0) is 43.3 Å². The average molecular weight is 397 g/mol. The number of halogens is 6. The summed E-state index contributed by atoms with van der Waals surface area (Å²) in [5, 5.41) is 12.8. The van der Waals surface area contributed by atoms with Gasteiger partial charge in [-0.2, -0.15) is 13.2 Å². The average Bonchev–Trinajstić information content (AvgIpc) is 2.97. The standard InChI is InChI=1S/C17H17F6NO3/c1-11-2-7-14(26-11)15(25,16(18,19)20)8-9-24-10-12-3-5-13(6-4-12)27-17(21,22)23/h2-7,24-25H,8-10H2,1H3/t15-/m0/s1. The van der Waals surface area contributed by atoms with E-state index in [1.54, 1.807) is 0 Å². The number of hydrogen-bond donors (Lipinski definition) is 2. The predicted octanol–water partition coefficient (Wildman–Crippen LogP) is 4.42. The van der Waals surface area contributed by atoms with Gasteiger partial charge in [-0.3, -0.25) is 0 Å². The quantitative estimate of drug-likeness (QED) is 0.537. The largest absolute Gasteiger partial charge is 0.573 e. The fourth-order valence-electron chi connectivity index (χ4n) is 2.37. The van der Waals surface area contributed by atoms with Crippen LogP contribution in [0, 0.1) is 6.92 Å². The zero-order chi connectivity index (χ0) is 20.3. The topological polar surface area (TPSA) is 54.6 Å². The van der Waals surface area contributed by atoms with Crippen LogP contribution in [-0.4, -0.2) is 24.2 Å². The molecule has 0 bridgehead atoms. The molecule has 0 fully saturated rings. The summed E-state index contributed by atoms with van der Waals surface area (Å²) in [5.41, 5.74) is -2.60. The lowest BCUT2D eigenvalue weighted by Gasteiger charge is -2.28. The fraction of sp³-hybridized carbons (Fsp3) is 0.412. The van der Waals surface area contributed by atoms with Gasteiger partial charge < -0.3 is 19.6 Å². The van der Waals surface area contributed by atoms with Crippen LogP contribution in [0.15, 0.2) is 40.8 Å². The van der Waals surface area contributed by atoms with E-state index in [0.29, 0.717) is 5.56 Å². The summed E-state index contributed by atoms with van der Waals surface area (Å²) in [4.78, 5) is 0. The third kappa shape index (κ3) is 5.64. The molecule has 0 radical (unpaired) electrons. The van der Waals surface area contributed by atoms with E-state index >= 15 is 0 Å². The highest BCUT2D eigenvalue weighted by atomic mass is 19.4. The maximum atomic E-state index is 13.3. The zero-order valence-electron chi connectivity index (χ0n) is 14.1. The Kier molecular flexibility index (Phi) is 6.10. The molecule has 0 aliphatic rings. The van der Waals surface area contributed by atoms with Crippen molar-refractivity contribution < 1.29 is 40.6 Å². The number of benzene rings is 1. The van der Waals surface area contributed by atoms with E-state index in [4.69, 9.17) is 4.42 Å². The van der Waals surface area contributed by atoms with Gasteiger partial charge in [0, 0.05) is 13.0 Å². The number of aliphatic hydroxyl groups is 1. The van der Waals surface area contributed by atoms with Crippen LogP contribution in [0.1, 0.15) is 23.5 Å². The SMILES string of the molecule is Cc1ccc([C@@](O)(CCNCc2ccc(OC(F)(F)F)cc2)C(F)(F)F)o1. The third-order valence-corrected chi connectivity index (χ3v) is 3.77. The Balaban J connectivity index is 1.92. The van der Waals surface area contributed by atoms with Crippen LogP contribution < -0.4 is 10.1 Å². The maximum absolute atomic E-state index is 13.3. The van der Waals surface area contributed by atoms with E-state index < -0.39 is 36.1 Å².